The molecule has 0 spiro atoms. The summed E-state index contributed by atoms with van der Waals surface area (Å²) in [5.74, 6) is -0.404. The number of halogens is 2. The fourth-order valence-electron chi connectivity index (χ4n) is 1.13. The SMILES string of the molecule is C=CC(=O)NCc1cn(C)nc1C(F)F. The summed E-state index contributed by atoms with van der Waals surface area (Å²) in [4.78, 5) is 10.8. The number of carbonyl (C=O) groups excluding carboxylic acids is 1. The lowest BCUT2D eigenvalue weighted by Gasteiger charge is -2.01. The normalized spacial score (nSPS) is 10.4. The fourth-order valence-corrected chi connectivity index (χ4v) is 1.13. The highest BCUT2D eigenvalue weighted by atomic mass is 19.3. The van der Waals surface area contributed by atoms with Crippen molar-refractivity contribution in [3.63, 3.8) is 0 Å². The van der Waals surface area contributed by atoms with Crippen LogP contribution in [0.25, 0.3) is 0 Å². The van der Waals surface area contributed by atoms with Gasteiger partial charge in [0.05, 0.1) is 0 Å². The van der Waals surface area contributed by atoms with Gasteiger partial charge in [-0.05, 0) is 6.08 Å². The van der Waals surface area contributed by atoms with E-state index in [2.05, 4.69) is 17.0 Å². The quantitative estimate of drug-likeness (QED) is 0.766. The number of alkyl halides is 2. The largest absolute Gasteiger partial charge is 0.348 e. The highest BCUT2D eigenvalue weighted by Crippen LogP contribution is 2.20. The zero-order valence-electron chi connectivity index (χ0n) is 8.20. The average Bonchev–Trinajstić information content (AvgIpc) is 2.56. The Bertz CT molecular complexity index is 373. The fraction of sp³-hybridized carbons (Fsp3) is 0.333. The van der Waals surface area contributed by atoms with Crippen molar-refractivity contribution in [3.8, 4) is 0 Å². The summed E-state index contributed by atoms with van der Waals surface area (Å²) in [5.41, 5.74) is 0.00422. The molecule has 1 aromatic rings. The molecule has 0 radical (unpaired) electrons. The topological polar surface area (TPSA) is 46.9 Å². The lowest BCUT2D eigenvalue weighted by molar-refractivity contribution is -0.116. The molecular weight excluding hydrogens is 204 g/mol. The first-order valence-electron chi connectivity index (χ1n) is 4.25. The number of rotatable bonds is 4. The predicted octanol–water partition coefficient (Wildman–Crippen LogP) is 1.16. The Hall–Kier alpha value is -1.72. The van der Waals surface area contributed by atoms with Gasteiger partial charge in [-0.1, -0.05) is 6.58 Å². The number of hydrogen-bond donors (Lipinski definition) is 1. The molecule has 0 aliphatic rings. The average molecular weight is 215 g/mol. The molecule has 6 heteroatoms. The smallest absolute Gasteiger partial charge is 0.282 e. The van der Waals surface area contributed by atoms with Crippen molar-refractivity contribution in [1.29, 1.82) is 0 Å². The highest BCUT2D eigenvalue weighted by molar-refractivity contribution is 5.86. The summed E-state index contributed by atoms with van der Waals surface area (Å²) in [7, 11) is 1.55. The van der Waals surface area contributed by atoms with Crippen molar-refractivity contribution < 1.29 is 13.6 Å². The van der Waals surface area contributed by atoms with Crippen LogP contribution in [0.3, 0.4) is 0 Å². The summed E-state index contributed by atoms with van der Waals surface area (Å²) in [6.45, 7) is 3.28. The third-order valence-electron chi connectivity index (χ3n) is 1.78. The minimum absolute atomic E-state index is 0.0262. The zero-order chi connectivity index (χ0) is 11.4. The van der Waals surface area contributed by atoms with E-state index in [1.165, 1.54) is 10.9 Å². The van der Waals surface area contributed by atoms with Crippen LogP contribution in [0.4, 0.5) is 8.78 Å². The van der Waals surface area contributed by atoms with Gasteiger partial charge in [-0.25, -0.2) is 8.78 Å². The van der Waals surface area contributed by atoms with Gasteiger partial charge < -0.3 is 5.32 Å². The van der Waals surface area contributed by atoms with Crippen LogP contribution < -0.4 is 5.32 Å². The van der Waals surface area contributed by atoms with Crippen LogP contribution in [-0.4, -0.2) is 15.7 Å². The molecule has 1 amide bonds. The summed E-state index contributed by atoms with van der Waals surface area (Å²) < 4.78 is 26.2. The Morgan fingerprint density at radius 2 is 2.47 bits per heavy atom. The lowest BCUT2D eigenvalue weighted by Crippen LogP contribution is -2.20. The van der Waals surface area contributed by atoms with Gasteiger partial charge in [-0.15, -0.1) is 0 Å². The Morgan fingerprint density at radius 3 is 3.00 bits per heavy atom. The van der Waals surface area contributed by atoms with Gasteiger partial charge in [0.2, 0.25) is 5.91 Å². The molecule has 1 rings (SSSR count). The first-order chi connectivity index (χ1) is 7.04. The van der Waals surface area contributed by atoms with E-state index < -0.39 is 12.3 Å². The summed E-state index contributed by atoms with van der Waals surface area (Å²) >= 11 is 0. The molecule has 1 aromatic heterocycles. The minimum Gasteiger partial charge on any atom is -0.348 e. The second-order valence-electron chi connectivity index (χ2n) is 2.94. The van der Waals surface area contributed by atoms with Crippen LogP contribution in [0.2, 0.25) is 0 Å². The van der Waals surface area contributed by atoms with E-state index in [0.29, 0.717) is 5.56 Å². The molecule has 0 aliphatic heterocycles. The number of aromatic nitrogens is 2. The number of carbonyl (C=O) groups is 1. The van der Waals surface area contributed by atoms with E-state index in [0.717, 1.165) is 6.08 Å². The van der Waals surface area contributed by atoms with Crippen LogP contribution in [0.15, 0.2) is 18.9 Å². The molecular formula is C9H11F2N3O. The molecule has 0 bridgehead atoms. The second kappa shape index (κ2) is 4.68. The Morgan fingerprint density at radius 1 is 1.80 bits per heavy atom. The van der Waals surface area contributed by atoms with Crippen LogP contribution >= 0.6 is 0 Å². The van der Waals surface area contributed by atoms with Crippen LogP contribution in [-0.2, 0) is 18.4 Å². The summed E-state index contributed by atoms with van der Waals surface area (Å²) in [6.07, 6.45) is -0.106. The summed E-state index contributed by atoms with van der Waals surface area (Å²) in [6, 6.07) is 0. The maximum Gasteiger partial charge on any atom is 0.282 e. The Balaban J connectivity index is 2.75. The monoisotopic (exact) mass is 215 g/mol. The predicted molar refractivity (Wildman–Crippen MR) is 50.2 cm³/mol. The first-order valence-corrected chi connectivity index (χ1v) is 4.25. The molecule has 82 valence electrons. The van der Waals surface area contributed by atoms with E-state index >= 15 is 0 Å². The number of amides is 1. The molecule has 0 aliphatic carbocycles. The van der Waals surface area contributed by atoms with Gasteiger partial charge in [-0.3, -0.25) is 9.48 Å². The number of aryl methyl sites for hydroxylation is 1. The molecule has 0 fully saturated rings. The maximum atomic E-state index is 12.4. The third kappa shape index (κ3) is 2.87. The van der Waals surface area contributed by atoms with Gasteiger partial charge in [0, 0.05) is 25.4 Å². The van der Waals surface area contributed by atoms with E-state index in [-0.39, 0.29) is 12.2 Å². The van der Waals surface area contributed by atoms with Crippen LogP contribution in [0.1, 0.15) is 17.7 Å². The van der Waals surface area contributed by atoms with Gasteiger partial charge >= 0.3 is 0 Å². The molecule has 0 saturated heterocycles. The molecule has 0 unspecified atom stereocenters. The van der Waals surface area contributed by atoms with Crippen molar-refractivity contribution >= 4 is 5.91 Å². The number of nitrogens with one attached hydrogen (secondary N) is 1. The molecule has 1 heterocycles. The van der Waals surface area contributed by atoms with Crippen molar-refractivity contribution in [2.75, 3.05) is 0 Å². The molecule has 1 N–H and O–H groups in total. The third-order valence-corrected chi connectivity index (χ3v) is 1.78. The molecule has 4 nitrogen and oxygen atoms in total. The van der Waals surface area contributed by atoms with Gasteiger partial charge in [-0.2, -0.15) is 5.10 Å². The summed E-state index contributed by atoms with van der Waals surface area (Å²) in [5, 5.41) is 6.02. The molecule has 0 atom stereocenters. The first kappa shape index (κ1) is 11.4. The highest BCUT2D eigenvalue weighted by Gasteiger charge is 2.17. The molecule has 15 heavy (non-hydrogen) atoms. The second-order valence-corrected chi connectivity index (χ2v) is 2.94. The van der Waals surface area contributed by atoms with Gasteiger partial charge in [0.25, 0.3) is 6.43 Å². The van der Waals surface area contributed by atoms with Crippen LogP contribution in [0, 0.1) is 0 Å². The van der Waals surface area contributed by atoms with E-state index in [1.807, 2.05) is 0 Å². The van der Waals surface area contributed by atoms with Gasteiger partial charge in [0.15, 0.2) is 0 Å². The van der Waals surface area contributed by atoms with Crippen molar-refractivity contribution in [2.24, 2.45) is 7.05 Å². The van der Waals surface area contributed by atoms with Crippen molar-refractivity contribution in [2.45, 2.75) is 13.0 Å². The van der Waals surface area contributed by atoms with Gasteiger partial charge in [0.1, 0.15) is 5.69 Å². The number of nitrogens with zero attached hydrogens (tertiary/aromatic N) is 2. The molecule has 0 saturated carbocycles. The van der Waals surface area contributed by atoms with E-state index in [4.69, 9.17) is 0 Å². The minimum atomic E-state index is -2.64. The lowest BCUT2D eigenvalue weighted by atomic mass is 10.2. The molecule has 0 aromatic carbocycles. The van der Waals surface area contributed by atoms with E-state index in [1.54, 1.807) is 7.05 Å². The van der Waals surface area contributed by atoms with Crippen LogP contribution in [0.5, 0.6) is 0 Å². The van der Waals surface area contributed by atoms with Crippen molar-refractivity contribution in [3.05, 3.63) is 30.1 Å². The Kier molecular flexibility index (Phi) is 3.54. The Labute approximate surface area is 85.6 Å². The van der Waals surface area contributed by atoms with Crippen molar-refractivity contribution in [1.82, 2.24) is 15.1 Å². The van der Waals surface area contributed by atoms with E-state index in [9.17, 15) is 13.6 Å². The zero-order valence-corrected chi connectivity index (χ0v) is 8.20. The maximum absolute atomic E-state index is 12.4. The number of hydrogen-bond acceptors (Lipinski definition) is 2. The standard InChI is InChI=1S/C9H11F2N3O/c1-3-7(15)12-4-6-5-14(2)13-8(6)9(10)11/h3,5,9H,1,4H2,2H3,(H,12,15).